The van der Waals surface area contributed by atoms with Gasteiger partial charge in [-0.15, -0.1) is 0 Å². The number of hydrogen-bond donors (Lipinski definition) is 1. The first kappa shape index (κ1) is 12.5. The Bertz CT molecular complexity index is 840. The standard InChI is InChI=1S/C18H14FNO/c19-17-6-2-5-15-13(17)7-9-18(15,21)16-4-1-3-12-8-10-20-11-14(12)16/h1-6,8,10-11,21H,7,9H2. The van der Waals surface area contributed by atoms with Gasteiger partial charge in [-0.05, 0) is 47.1 Å². The van der Waals surface area contributed by atoms with Crippen molar-refractivity contribution in [2.24, 2.45) is 0 Å². The maximum absolute atomic E-state index is 13.9. The molecule has 0 bridgehead atoms. The summed E-state index contributed by atoms with van der Waals surface area (Å²) in [6.07, 6.45) is 4.55. The lowest BCUT2D eigenvalue weighted by Crippen LogP contribution is -2.24. The molecule has 4 rings (SSSR count). The molecule has 0 saturated heterocycles. The second kappa shape index (κ2) is 4.37. The van der Waals surface area contributed by atoms with Crippen LogP contribution in [0.25, 0.3) is 10.8 Å². The van der Waals surface area contributed by atoms with Crippen LogP contribution in [0, 0.1) is 5.82 Å². The first-order valence-electron chi connectivity index (χ1n) is 7.03. The molecule has 1 aromatic heterocycles. The van der Waals surface area contributed by atoms with Gasteiger partial charge in [-0.2, -0.15) is 0 Å². The van der Waals surface area contributed by atoms with Crippen molar-refractivity contribution in [3.05, 3.63) is 77.4 Å². The van der Waals surface area contributed by atoms with Gasteiger partial charge in [-0.1, -0.05) is 30.3 Å². The number of aromatic nitrogens is 1. The van der Waals surface area contributed by atoms with E-state index in [1.54, 1.807) is 18.5 Å². The van der Waals surface area contributed by atoms with Crippen LogP contribution in [0.3, 0.4) is 0 Å². The molecule has 2 nitrogen and oxygen atoms in total. The monoisotopic (exact) mass is 279 g/mol. The SMILES string of the molecule is OC1(c2cccc3ccncc23)CCc2c(F)cccc21. The third-order valence-corrected chi connectivity index (χ3v) is 4.43. The number of nitrogens with zero attached hydrogens (tertiary/aromatic N) is 1. The number of hydrogen-bond acceptors (Lipinski definition) is 2. The van der Waals surface area contributed by atoms with Gasteiger partial charge in [0, 0.05) is 17.8 Å². The second-order valence-corrected chi connectivity index (χ2v) is 5.53. The molecule has 2 aromatic carbocycles. The summed E-state index contributed by atoms with van der Waals surface area (Å²) in [5, 5.41) is 13.2. The van der Waals surface area contributed by atoms with Gasteiger partial charge < -0.3 is 5.11 Å². The van der Waals surface area contributed by atoms with Crippen LogP contribution in [-0.4, -0.2) is 10.1 Å². The Hall–Kier alpha value is -2.26. The van der Waals surface area contributed by atoms with Crippen LogP contribution in [0.2, 0.25) is 0 Å². The van der Waals surface area contributed by atoms with E-state index in [9.17, 15) is 9.50 Å². The molecular formula is C18H14FNO. The van der Waals surface area contributed by atoms with E-state index in [2.05, 4.69) is 4.98 Å². The van der Waals surface area contributed by atoms with Gasteiger partial charge in [0.2, 0.25) is 0 Å². The summed E-state index contributed by atoms with van der Waals surface area (Å²) in [4.78, 5) is 4.16. The van der Waals surface area contributed by atoms with Gasteiger partial charge in [0.15, 0.2) is 0 Å². The topological polar surface area (TPSA) is 33.1 Å². The van der Waals surface area contributed by atoms with Gasteiger partial charge in [0.1, 0.15) is 11.4 Å². The normalized spacial score (nSPS) is 20.7. The average Bonchev–Trinajstić information content (AvgIpc) is 2.87. The van der Waals surface area contributed by atoms with Crippen molar-refractivity contribution >= 4 is 10.8 Å². The number of fused-ring (bicyclic) bond motifs is 2. The molecule has 1 N–H and O–H groups in total. The summed E-state index contributed by atoms with van der Waals surface area (Å²) in [6, 6.07) is 12.7. The Labute approximate surface area is 121 Å². The van der Waals surface area contributed by atoms with Crippen molar-refractivity contribution in [2.75, 3.05) is 0 Å². The molecule has 1 heterocycles. The highest BCUT2D eigenvalue weighted by Crippen LogP contribution is 2.44. The zero-order valence-electron chi connectivity index (χ0n) is 11.4. The summed E-state index contributed by atoms with van der Waals surface area (Å²) < 4.78 is 13.9. The Kier molecular flexibility index (Phi) is 2.59. The third kappa shape index (κ3) is 1.71. The molecule has 104 valence electrons. The summed E-state index contributed by atoms with van der Waals surface area (Å²) in [7, 11) is 0. The zero-order chi connectivity index (χ0) is 14.4. The second-order valence-electron chi connectivity index (χ2n) is 5.53. The molecule has 0 aliphatic heterocycles. The van der Waals surface area contributed by atoms with Crippen molar-refractivity contribution in [3.63, 3.8) is 0 Å². The van der Waals surface area contributed by atoms with E-state index >= 15 is 0 Å². The predicted octanol–water partition coefficient (Wildman–Crippen LogP) is 3.56. The molecule has 0 fully saturated rings. The fourth-order valence-electron chi connectivity index (χ4n) is 3.39. The summed E-state index contributed by atoms with van der Waals surface area (Å²) >= 11 is 0. The van der Waals surface area contributed by atoms with E-state index in [0.29, 0.717) is 24.0 Å². The Morgan fingerprint density at radius 1 is 1.05 bits per heavy atom. The van der Waals surface area contributed by atoms with Crippen molar-refractivity contribution in [1.29, 1.82) is 0 Å². The Morgan fingerprint density at radius 2 is 1.86 bits per heavy atom. The Balaban J connectivity index is 2.01. The molecule has 0 saturated carbocycles. The van der Waals surface area contributed by atoms with Gasteiger partial charge in [-0.25, -0.2) is 4.39 Å². The summed E-state index contributed by atoms with van der Waals surface area (Å²) in [5.41, 5.74) is 0.970. The molecule has 3 heteroatoms. The van der Waals surface area contributed by atoms with Crippen molar-refractivity contribution < 1.29 is 9.50 Å². The van der Waals surface area contributed by atoms with Gasteiger partial charge >= 0.3 is 0 Å². The van der Waals surface area contributed by atoms with Crippen molar-refractivity contribution in [2.45, 2.75) is 18.4 Å². The van der Waals surface area contributed by atoms with Gasteiger partial charge in [0.05, 0.1) is 0 Å². The molecule has 1 unspecified atom stereocenters. The zero-order valence-corrected chi connectivity index (χ0v) is 11.4. The van der Waals surface area contributed by atoms with Crippen LogP contribution in [0.15, 0.2) is 54.9 Å². The fraction of sp³-hybridized carbons (Fsp3) is 0.167. The largest absolute Gasteiger partial charge is 0.380 e. The lowest BCUT2D eigenvalue weighted by Gasteiger charge is -2.26. The van der Waals surface area contributed by atoms with Crippen LogP contribution in [0.4, 0.5) is 4.39 Å². The highest BCUT2D eigenvalue weighted by atomic mass is 19.1. The maximum atomic E-state index is 13.9. The number of pyridine rings is 1. The lowest BCUT2D eigenvalue weighted by atomic mass is 9.85. The molecule has 0 radical (unpaired) electrons. The smallest absolute Gasteiger partial charge is 0.126 e. The molecular weight excluding hydrogens is 265 g/mol. The van der Waals surface area contributed by atoms with E-state index in [1.807, 2.05) is 30.3 Å². The molecule has 0 amide bonds. The minimum absolute atomic E-state index is 0.234. The number of rotatable bonds is 1. The summed E-state index contributed by atoms with van der Waals surface area (Å²) in [6.45, 7) is 0. The van der Waals surface area contributed by atoms with Crippen molar-refractivity contribution in [3.8, 4) is 0 Å². The minimum Gasteiger partial charge on any atom is -0.380 e. The molecule has 1 aliphatic carbocycles. The van der Waals surface area contributed by atoms with Crippen LogP contribution in [0.1, 0.15) is 23.1 Å². The first-order valence-corrected chi connectivity index (χ1v) is 7.03. The fourth-order valence-corrected chi connectivity index (χ4v) is 3.39. The van der Waals surface area contributed by atoms with E-state index < -0.39 is 5.60 Å². The number of halogens is 1. The van der Waals surface area contributed by atoms with Gasteiger partial charge in [0.25, 0.3) is 0 Å². The average molecular weight is 279 g/mol. The van der Waals surface area contributed by atoms with Crippen LogP contribution in [-0.2, 0) is 12.0 Å². The maximum Gasteiger partial charge on any atom is 0.126 e. The number of benzene rings is 2. The van der Waals surface area contributed by atoms with E-state index in [0.717, 1.165) is 16.3 Å². The molecule has 21 heavy (non-hydrogen) atoms. The summed E-state index contributed by atoms with van der Waals surface area (Å²) in [5.74, 6) is -0.234. The number of aliphatic hydroxyl groups is 1. The lowest BCUT2D eigenvalue weighted by molar-refractivity contribution is 0.0845. The highest BCUT2D eigenvalue weighted by molar-refractivity contribution is 5.86. The molecule has 0 spiro atoms. The van der Waals surface area contributed by atoms with E-state index in [-0.39, 0.29) is 5.82 Å². The van der Waals surface area contributed by atoms with E-state index in [4.69, 9.17) is 0 Å². The van der Waals surface area contributed by atoms with Gasteiger partial charge in [-0.3, -0.25) is 4.98 Å². The molecule has 1 aliphatic rings. The van der Waals surface area contributed by atoms with Crippen LogP contribution < -0.4 is 0 Å². The third-order valence-electron chi connectivity index (χ3n) is 4.43. The van der Waals surface area contributed by atoms with Crippen molar-refractivity contribution in [1.82, 2.24) is 4.98 Å². The van der Waals surface area contributed by atoms with E-state index in [1.165, 1.54) is 6.07 Å². The highest BCUT2D eigenvalue weighted by Gasteiger charge is 2.40. The quantitative estimate of drug-likeness (QED) is 0.739. The Morgan fingerprint density at radius 3 is 2.76 bits per heavy atom. The first-order chi connectivity index (χ1) is 10.2. The van der Waals surface area contributed by atoms with Crippen LogP contribution >= 0.6 is 0 Å². The predicted molar refractivity (Wildman–Crippen MR) is 79.5 cm³/mol. The van der Waals surface area contributed by atoms with Crippen LogP contribution in [0.5, 0.6) is 0 Å². The molecule has 3 aromatic rings. The minimum atomic E-state index is -1.14. The molecule has 1 atom stereocenters.